The summed E-state index contributed by atoms with van der Waals surface area (Å²) in [6, 6.07) is 4.28. The predicted molar refractivity (Wildman–Crippen MR) is 115 cm³/mol. The minimum absolute atomic E-state index is 0.0616. The molecule has 4 amide bonds. The van der Waals surface area contributed by atoms with Crippen LogP contribution in [0.1, 0.15) is 31.9 Å². The van der Waals surface area contributed by atoms with Gasteiger partial charge in [0.25, 0.3) is 5.91 Å². The third-order valence-electron chi connectivity index (χ3n) is 5.56. The zero-order valence-electron chi connectivity index (χ0n) is 18.7. The molecule has 0 saturated heterocycles. The highest BCUT2D eigenvalue weighted by Crippen LogP contribution is 2.42. The van der Waals surface area contributed by atoms with Crippen molar-refractivity contribution in [3.63, 3.8) is 0 Å². The van der Waals surface area contributed by atoms with E-state index in [0.717, 1.165) is 6.42 Å². The molecular formula is C22H30N4O5. The lowest BCUT2D eigenvalue weighted by Crippen LogP contribution is -2.45. The molecule has 2 heterocycles. The molecule has 0 aromatic heterocycles. The highest BCUT2D eigenvalue weighted by molar-refractivity contribution is 6.03. The van der Waals surface area contributed by atoms with Crippen molar-refractivity contribution in [3.05, 3.63) is 35.0 Å². The number of nitrogens with zero attached hydrogens (tertiary/aromatic N) is 2. The van der Waals surface area contributed by atoms with E-state index in [4.69, 9.17) is 9.47 Å². The van der Waals surface area contributed by atoms with E-state index in [-0.39, 0.29) is 30.9 Å². The highest BCUT2D eigenvalue weighted by atomic mass is 16.5. The number of carbonyl (C=O) groups excluding carboxylic acids is 3. The van der Waals surface area contributed by atoms with Gasteiger partial charge in [-0.3, -0.25) is 14.5 Å². The largest absolute Gasteiger partial charge is 0.493 e. The number of rotatable bonds is 8. The molecular weight excluding hydrogens is 400 g/mol. The monoisotopic (exact) mass is 430 g/mol. The zero-order chi connectivity index (χ0) is 22.7. The Labute approximate surface area is 182 Å². The Morgan fingerprint density at radius 1 is 1.26 bits per heavy atom. The average Bonchev–Trinajstić information content (AvgIpc) is 3.06. The number of ether oxygens (including phenoxy) is 2. The number of amides is 4. The Kier molecular flexibility index (Phi) is 6.72. The molecule has 31 heavy (non-hydrogen) atoms. The van der Waals surface area contributed by atoms with E-state index in [1.54, 1.807) is 25.2 Å². The van der Waals surface area contributed by atoms with Crippen LogP contribution in [0.3, 0.4) is 0 Å². The van der Waals surface area contributed by atoms with Gasteiger partial charge in [-0.25, -0.2) is 4.79 Å². The minimum atomic E-state index is -0.703. The van der Waals surface area contributed by atoms with Crippen LogP contribution in [-0.2, 0) is 9.59 Å². The first kappa shape index (κ1) is 22.5. The van der Waals surface area contributed by atoms with E-state index in [1.807, 2.05) is 0 Å². The van der Waals surface area contributed by atoms with Crippen LogP contribution in [0.4, 0.5) is 4.79 Å². The summed E-state index contributed by atoms with van der Waals surface area (Å²) < 4.78 is 10.9. The molecule has 3 rings (SSSR count). The van der Waals surface area contributed by atoms with Gasteiger partial charge in [0.15, 0.2) is 11.5 Å². The second-order valence-corrected chi connectivity index (χ2v) is 8.08. The molecule has 2 aliphatic heterocycles. The van der Waals surface area contributed by atoms with Crippen LogP contribution < -0.4 is 20.1 Å². The lowest BCUT2D eigenvalue weighted by atomic mass is 9.94. The summed E-state index contributed by atoms with van der Waals surface area (Å²) in [7, 11) is 4.65. The van der Waals surface area contributed by atoms with E-state index in [0.29, 0.717) is 40.8 Å². The lowest BCUT2D eigenvalue weighted by molar-refractivity contribution is -0.131. The second kappa shape index (κ2) is 9.28. The molecule has 9 heteroatoms. The maximum absolute atomic E-state index is 13.3. The quantitative estimate of drug-likeness (QED) is 0.653. The van der Waals surface area contributed by atoms with Crippen LogP contribution >= 0.6 is 0 Å². The molecule has 0 radical (unpaired) electrons. The summed E-state index contributed by atoms with van der Waals surface area (Å²) in [6.07, 6.45) is 0.868. The lowest BCUT2D eigenvalue weighted by Gasteiger charge is -2.31. The van der Waals surface area contributed by atoms with E-state index in [9.17, 15) is 14.4 Å². The van der Waals surface area contributed by atoms with Crippen molar-refractivity contribution in [2.75, 3.05) is 40.9 Å². The van der Waals surface area contributed by atoms with Gasteiger partial charge in [-0.2, -0.15) is 0 Å². The smallest absolute Gasteiger partial charge is 0.322 e. The topological polar surface area (TPSA) is 100 Å². The molecule has 0 aliphatic carbocycles. The van der Waals surface area contributed by atoms with Crippen molar-refractivity contribution in [1.29, 1.82) is 0 Å². The van der Waals surface area contributed by atoms with Crippen LogP contribution in [0.25, 0.3) is 0 Å². The van der Waals surface area contributed by atoms with Gasteiger partial charge >= 0.3 is 6.03 Å². The van der Waals surface area contributed by atoms with Crippen molar-refractivity contribution in [2.24, 2.45) is 5.92 Å². The Bertz CT molecular complexity index is 911. The van der Waals surface area contributed by atoms with Crippen LogP contribution in [-0.4, -0.2) is 68.5 Å². The molecule has 1 aromatic rings. The van der Waals surface area contributed by atoms with Gasteiger partial charge in [0.1, 0.15) is 6.54 Å². The van der Waals surface area contributed by atoms with E-state index in [2.05, 4.69) is 24.5 Å². The predicted octanol–water partition coefficient (Wildman–Crippen LogP) is 1.66. The summed E-state index contributed by atoms with van der Waals surface area (Å²) in [4.78, 5) is 41.1. The van der Waals surface area contributed by atoms with Gasteiger partial charge in [-0.1, -0.05) is 26.0 Å². The van der Waals surface area contributed by atoms with Crippen molar-refractivity contribution < 1.29 is 23.9 Å². The molecule has 1 aromatic carbocycles. The SMILES string of the molecule is COc1cccc(C2NC(=O)N(C)C3=C2C(=O)N(CC(=O)NCCC(C)C)C3)c1OC. The molecule has 0 bridgehead atoms. The summed E-state index contributed by atoms with van der Waals surface area (Å²) in [6.45, 7) is 4.86. The maximum Gasteiger partial charge on any atom is 0.322 e. The van der Waals surface area contributed by atoms with Gasteiger partial charge < -0.3 is 25.0 Å². The first-order chi connectivity index (χ1) is 14.8. The summed E-state index contributed by atoms with van der Waals surface area (Å²) in [5.41, 5.74) is 1.63. The van der Waals surface area contributed by atoms with Crippen molar-refractivity contribution in [1.82, 2.24) is 20.4 Å². The van der Waals surface area contributed by atoms with Gasteiger partial charge in [0.2, 0.25) is 5.91 Å². The Morgan fingerprint density at radius 3 is 2.65 bits per heavy atom. The van der Waals surface area contributed by atoms with Crippen molar-refractivity contribution in [3.8, 4) is 11.5 Å². The number of para-hydroxylation sites is 1. The first-order valence-corrected chi connectivity index (χ1v) is 10.3. The number of hydrogen-bond acceptors (Lipinski definition) is 5. The summed E-state index contributed by atoms with van der Waals surface area (Å²) >= 11 is 0. The van der Waals surface area contributed by atoms with E-state index < -0.39 is 6.04 Å². The van der Waals surface area contributed by atoms with Crippen LogP contribution in [0.15, 0.2) is 29.5 Å². The van der Waals surface area contributed by atoms with Gasteiger partial charge in [-0.05, 0) is 18.4 Å². The molecule has 2 N–H and O–H groups in total. The first-order valence-electron chi connectivity index (χ1n) is 10.3. The Morgan fingerprint density at radius 2 is 2.00 bits per heavy atom. The van der Waals surface area contributed by atoms with Crippen LogP contribution in [0, 0.1) is 5.92 Å². The number of urea groups is 1. The fourth-order valence-electron chi connectivity index (χ4n) is 3.85. The summed E-state index contributed by atoms with van der Waals surface area (Å²) in [5.74, 6) is 0.931. The number of nitrogens with one attached hydrogen (secondary N) is 2. The third kappa shape index (κ3) is 4.45. The Hall–Kier alpha value is -3.23. The second-order valence-electron chi connectivity index (χ2n) is 8.08. The highest BCUT2D eigenvalue weighted by Gasteiger charge is 2.44. The van der Waals surface area contributed by atoms with E-state index in [1.165, 1.54) is 24.0 Å². The van der Waals surface area contributed by atoms with Gasteiger partial charge in [0, 0.05) is 19.2 Å². The molecule has 2 aliphatic rings. The minimum Gasteiger partial charge on any atom is -0.493 e. The number of likely N-dealkylation sites (N-methyl/N-ethyl adjacent to an activating group) is 1. The van der Waals surface area contributed by atoms with Crippen molar-refractivity contribution in [2.45, 2.75) is 26.3 Å². The van der Waals surface area contributed by atoms with Gasteiger partial charge in [0.05, 0.1) is 38.1 Å². The number of benzene rings is 1. The molecule has 1 unspecified atom stereocenters. The standard InChI is InChI=1S/C22H30N4O5/c1-13(2)9-10-23-17(27)12-26-11-15-18(21(26)28)19(24-22(29)25(15)3)14-7-6-8-16(30-4)20(14)31-5/h6-8,13,19H,9-12H2,1-5H3,(H,23,27)(H,24,29). The van der Waals surface area contributed by atoms with Crippen LogP contribution in [0.2, 0.25) is 0 Å². The molecule has 0 saturated carbocycles. The third-order valence-corrected chi connectivity index (χ3v) is 5.56. The zero-order valence-corrected chi connectivity index (χ0v) is 18.7. The molecule has 0 fully saturated rings. The van der Waals surface area contributed by atoms with Gasteiger partial charge in [-0.15, -0.1) is 0 Å². The summed E-state index contributed by atoms with van der Waals surface area (Å²) in [5, 5.41) is 5.73. The normalized spacial score (nSPS) is 18.3. The maximum atomic E-state index is 13.3. The van der Waals surface area contributed by atoms with Crippen LogP contribution in [0.5, 0.6) is 11.5 Å². The number of hydrogen-bond donors (Lipinski definition) is 2. The number of methoxy groups -OCH3 is 2. The average molecular weight is 431 g/mol. The molecule has 1 atom stereocenters. The fourth-order valence-corrected chi connectivity index (χ4v) is 3.85. The Balaban J connectivity index is 1.87. The molecule has 168 valence electrons. The molecule has 0 spiro atoms. The fraction of sp³-hybridized carbons (Fsp3) is 0.500. The number of carbonyl (C=O) groups is 3. The van der Waals surface area contributed by atoms with E-state index >= 15 is 0 Å². The van der Waals surface area contributed by atoms with Crippen molar-refractivity contribution >= 4 is 17.8 Å². The molecule has 9 nitrogen and oxygen atoms in total.